The van der Waals surface area contributed by atoms with Gasteiger partial charge in [0.15, 0.2) is 6.29 Å². The molecule has 0 N–H and O–H groups in total. The zero-order chi connectivity index (χ0) is 14.7. The largest absolute Gasteiger partial charge is 0.493 e. The van der Waals surface area contributed by atoms with E-state index in [0.717, 1.165) is 6.07 Å². The summed E-state index contributed by atoms with van der Waals surface area (Å²) >= 11 is 3.29. The number of halogens is 3. The van der Waals surface area contributed by atoms with Crippen molar-refractivity contribution < 1.29 is 18.3 Å². The number of carbonyl (C=O) groups is 1. The first-order valence-electron chi connectivity index (χ1n) is 5.93. The highest BCUT2D eigenvalue weighted by molar-refractivity contribution is 9.10. The van der Waals surface area contributed by atoms with Crippen LogP contribution in [0, 0.1) is 11.6 Å². The first-order chi connectivity index (χ1) is 9.56. The Hall–Kier alpha value is -1.75. The van der Waals surface area contributed by atoms with Gasteiger partial charge >= 0.3 is 0 Å². The minimum atomic E-state index is -0.674. The van der Waals surface area contributed by atoms with Crippen molar-refractivity contribution in [3.63, 3.8) is 0 Å². The lowest BCUT2D eigenvalue weighted by molar-refractivity contribution is 0.112. The Kier molecular flexibility index (Phi) is 4.49. The standard InChI is InChI=1S/C15H11BrF2O2/c1-2-20-15-7-12(13(16)5-9(15)8-19)11-4-3-10(17)6-14(11)18/h3-8H,2H2,1H3. The van der Waals surface area contributed by atoms with Gasteiger partial charge in [0.2, 0.25) is 0 Å². The maximum Gasteiger partial charge on any atom is 0.153 e. The third-order valence-electron chi connectivity index (χ3n) is 2.75. The molecule has 20 heavy (non-hydrogen) atoms. The van der Waals surface area contributed by atoms with Gasteiger partial charge < -0.3 is 4.74 Å². The van der Waals surface area contributed by atoms with Gasteiger partial charge in [-0.25, -0.2) is 8.78 Å². The minimum absolute atomic E-state index is 0.233. The summed E-state index contributed by atoms with van der Waals surface area (Å²) in [5.74, 6) is -0.951. The van der Waals surface area contributed by atoms with Crippen LogP contribution in [0.25, 0.3) is 11.1 Å². The fourth-order valence-electron chi connectivity index (χ4n) is 1.86. The van der Waals surface area contributed by atoms with E-state index in [2.05, 4.69) is 15.9 Å². The topological polar surface area (TPSA) is 26.3 Å². The van der Waals surface area contributed by atoms with Crippen LogP contribution < -0.4 is 4.74 Å². The Labute approximate surface area is 123 Å². The molecule has 0 aliphatic carbocycles. The third kappa shape index (κ3) is 2.88. The van der Waals surface area contributed by atoms with Crippen molar-refractivity contribution in [2.45, 2.75) is 6.92 Å². The summed E-state index contributed by atoms with van der Waals surface area (Å²) in [4.78, 5) is 11.0. The van der Waals surface area contributed by atoms with Crippen LogP contribution in [-0.4, -0.2) is 12.9 Å². The van der Waals surface area contributed by atoms with Gasteiger partial charge in [0.25, 0.3) is 0 Å². The Balaban J connectivity index is 2.61. The van der Waals surface area contributed by atoms with Crippen molar-refractivity contribution in [1.82, 2.24) is 0 Å². The summed E-state index contributed by atoms with van der Waals surface area (Å²) in [5.41, 5.74) is 1.10. The summed E-state index contributed by atoms with van der Waals surface area (Å²) < 4.78 is 32.7. The minimum Gasteiger partial charge on any atom is -0.493 e. The van der Waals surface area contributed by atoms with Gasteiger partial charge in [-0.15, -0.1) is 0 Å². The monoisotopic (exact) mass is 340 g/mol. The summed E-state index contributed by atoms with van der Waals surface area (Å²) in [5, 5.41) is 0. The number of hydrogen-bond donors (Lipinski definition) is 0. The van der Waals surface area contributed by atoms with Crippen molar-refractivity contribution in [3.05, 3.63) is 52.0 Å². The van der Waals surface area contributed by atoms with Gasteiger partial charge in [0.1, 0.15) is 17.4 Å². The molecule has 0 amide bonds. The summed E-state index contributed by atoms with van der Waals surface area (Å²) in [6, 6.07) is 6.46. The van der Waals surface area contributed by atoms with Crippen LogP contribution in [-0.2, 0) is 0 Å². The molecule has 0 saturated heterocycles. The highest BCUT2D eigenvalue weighted by Gasteiger charge is 2.14. The van der Waals surface area contributed by atoms with Gasteiger partial charge in [-0.2, -0.15) is 0 Å². The third-order valence-corrected chi connectivity index (χ3v) is 3.40. The molecule has 0 fully saturated rings. The molecule has 0 aromatic heterocycles. The molecule has 0 unspecified atom stereocenters. The van der Waals surface area contributed by atoms with Crippen molar-refractivity contribution in [1.29, 1.82) is 0 Å². The maximum atomic E-state index is 13.8. The second-order valence-electron chi connectivity index (χ2n) is 4.04. The molecule has 2 aromatic rings. The second-order valence-corrected chi connectivity index (χ2v) is 4.90. The van der Waals surface area contributed by atoms with E-state index >= 15 is 0 Å². The quantitative estimate of drug-likeness (QED) is 0.760. The summed E-state index contributed by atoms with van der Waals surface area (Å²) in [6.45, 7) is 2.17. The van der Waals surface area contributed by atoms with E-state index in [4.69, 9.17) is 4.74 Å². The number of hydrogen-bond acceptors (Lipinski definition) is 2. The number of benzene rings is 2. The highest BCUT2D eigenvalue weighted by Crippen LogP contribution is 2.35. The molecule has 0 aliphatic heterocycles. The lowest BCUT2D eigenvalue weighted by Gasteiger charge is -2.12. The van der Waals surface area contributed by atoms with Crippen molar-refractivity contribution in [2.24, 2.45) is 0 Å². The molecule has 0 saturated carbocycles. The molecule has 2 nitrogen and oxygen atoms in total. The fourth-order valence-corrected chi connectivity index (χ4v) is 2.43. The van der Waals surface area contributed by atoms with Gasteiger partial charge in [-0.1, -0.05) is 15.9 Å². The Morgan fingerprint density at radius 3 is 2.55 bits per heavy atom. The average molecular weight is 341 g/mol. The Bertz CT molecular complexity index is 657. The zero-order valence-electron chi connectivity index (χ0n) is 10.6. The van der Waals surface area contributed by atoms with E-state index in [0.29, 0.717) is 34.2 Å². The molecule has 0 heterocycles. The van der Waals surface area contributed by atoms with Crippen LogP contribution in [0.1, 0.15) is 17.3 Å². The molecule has 2 aromatic carbocycles. The van der Waals surface area contributed by atoms with Crippen LogP contribution in [0.15, 0.2) is 34.8 Å². The molecule has 0 aliphatic rings. The van der Waals surface area contributed by atoms with Crippen molar-refractivity contribution in [3.8, 4) is 16.9 Å². The smallest absolute Gasteiger partial charge is 0.153 e. The van der Waals surface area contributed by atoms with E-state index in [1.54, 1.807) is 19.1 Å². The Morgan fingerprint density at radius 2 is 1.95 bits per heavy atom. The molecular formula is C15H11BrF2O2. The molecule has 0 atom stereocenters. The van der Waals surface area contributed by atoms with E-state index in [1.807, 2.05) is 0 Å². The predicted octanol–water partition coefficient (Wildman–Crippen LogP) is 4.61. The van der Waals surface area contributed by atoms with E-state index in [-0.39, 0.29) is 5.56 Å². The second kappa shape index (κ2) is 6.13. The van der Waals surface area contributed by atoms with Crippen molar-refractivity contribution >= 4 is 22.2 Å². The molecule has 2 rings (SSSR count). The van der Waals surface area contributed by atoms with E-state index in [1.165, 1.54) is 12.1 Å². The first-order valence-corrected chi connectivity index (χ1v) is 6.73. The van der Waals surface area contributed by atoms with Gasteiger partial charge in [0.05, 0.1) is 12.2 Å². The van der Waals surface area contributed by atoms with Crippen LogP contribution in [0.3, 0.4) is 0 Å². The molecule has 0 radical (unpaired) electrons. The van der Waals surface area contributed by atoms with Gasteiger partial charge in [0, 0.05) is 21.7 Å². The average Bonchev–Trinajstić information content (AvgIpc) is 2.41. The van der Waals surface area contributed by atoms with E-state index < -0.39 is 11.6 Å². The lowest BCUT2D eigenvalue weighted by atomic mass is 10.0. The van der Waals surface area contributed by atoms with Crippen LogP contribution >= 0.6 is 15.9 Å². The van der Waals surface area contributed by atoms with Crippen LogP contribution in [0.4, 0.5) is 8.78 Å². The Morgan fingerprint density at radius 1 is 1.20 bits per heavy atom. The molecular weight excluding hydrogens is 330 g/mol. The maximum absolute atomic E-state index is 13.8. The summed E-state index contributed by atoms with van der Waals surface area (Å²) in [7, 11) is 0. The SMILES string of the molecule is CCOc1cc(-c2ccc(F)cc2F)c(Br)cc1C=O. The molecule has 5 heteroatoms. The van der Waals surface area contributed by atoms with E-state index in [9.17, 15) is 13.6 Å². The zero-order valence-corrected chi connectivity index (χ0v) is 12.2. The summed E-state index contributed by atoms with van der Waals surface area (Å²) in [6.07, 6.45) is 0.667. The van der Waals surface area contributed by atoms with Crippen LogP contribution in [0.2, 0.25) is 0 Å². The number of carbonyl (C=O) groups excluding carboxylic acids is 1. The number of aldehydes is 1. The first kappa shape index (κ1) is 14.7. The van der Waals surface area contributed by atoms with Gasteiger partial charge in [-0.05, 0) is 31.2 Å². The van der Waals surface area contributed by atoms with Crippen LogP contribution in [0.5, 0.6) is 5.75 Å². The highest BCUT2D eigenvalue weighted by atomic mass is 79.9. The fraction of sp³-hybridized carbons (Fsp3) is 0.133. The lowest BCUT2D eigenvalue weighted by Crippen LogP contribution is -1.98. The molecule has 0 spiro atoms. The molecule has 0 bridgehead atoms. The van der Waals surface area contributed by atoms with Gasteiger partial charge in [-0.3, -0.25) is 4.79 Å². The predicted molar refractivity (Wildman–Crippen MR) is 76.1 cm³/mol. The number of ether oxygens (including phenoxy) is 1. The normalized spacial score (nSPS) is 10.4. The number of rotatable bonds is 4. The van der Waals surface area contributed by atoms with Crippen molar-refractivity contribution in [2.75, 3.05) is 6.61 Å². The molecule has 104 valence electrons.